The van der Waals surface area contributed by atoms with Crippen LogP contribution < -0.4 is 9.64 Å². The minimum Gasteiger partial charge on any atom is -0.508 e. The molecule has 0 bridgehead atoms. The number of benzene rings is 3. The molecule has 1 amide bonds. The predicted molar refractivity (Wildman–Crippen MR) is 132 cm³/mol. The number of aliphatic hydroxyl groups is 1. The van der Waals surface area contributed by atoms with Crippen molar-refractivity contribution in [2.75, 3.05) is 12.0 Å². The van der Waals surface area contributed by atoms with E-state index in [2.05, 4.69) is 4.98 Å². The fourth-order valence-corrected chi connectivity index (χ4v) is 5.07. The number of fused-ring (bicyclic) bond motifs is 1. The van der Waals surface area contributed by atoms with E-state index in [0.717, 1.165) is 10.8 Å². The van der Waals surface area contributed by atoms with Crippen LogP contribution in [-0.4, -0.2) is 38.9 Å². The third-order valence-corrected chi connectivity index (χ3v) is 6.79. The number of aromatic hydroxyl groups is 1. The van der Waals surface area contributed by atoms with Crippen molar-refractivity contribution in [2.24, 2.45) is 0 Å². The molecule has 180 valence electrons. The van der Waals surface area contributed by atoms with Crippen molar-refractivity contribution in [2.45, 2.75) is 6.04 Å². The number of hydrogen-bond donors (Lipinski definition) is 2. The molecule has 1 atom stereocenters. The summed E-state index contributed by atoms with van der Waals surface area (Å²) in [6, 6.07) is 15.1. The molecule has 0 radical (unpaired) electrons. The number of carbonyl (C=O) groups excluding carboxylic acids is 2. The van der Waals surface area contributed by atoms with Gasteiger partial charge in [0.2, 0.25) is 0 Å². The number of carbonyl (C=O) groups is 2. The third-order valence-electron chi connectivity index (χ3n) is 5.77. The highest BCUT2D eigenvalue weighted by Gasteiger charge is 2.48. The summed E-state index contributed by atoms with van der Waals surface area (Å²) < 4.78 is 5.97. The monoisotopic (exact) mass is 503 g/mol. The van der Waals surface area contributed by atoms with E-state index in [1.54, 1.807) is 18.2 Å². The molecule has 11 heteroatoms. The van der Waals surface area contributed by atoms with Crippen molar-refractivity contribution >= 4 is 49.8 Å². The number of hydrogen-bond acceptors (Lipinski definition) is 9. The Kier molecular flexibility index (Phi) is 5.61. The number of non-ortho nitro benzene ring substituents is 1. The van der Waals surface area contributed by atoms with E-state index in [1.807, 2.05) is 0 Å². The first-order chi connectivity index (χ1) is 17.3. The minimum atomic E-state index is -1.09. The number of phenols is 1. The molecule has 2 N–H and O–H groups in total. The van der Waals surface area contributed by atoms with Gasteiger partial charge in [-0.15, -0.1) is 0 Å². The number of nitro benzene ring substituents is 1. The van der Waals surface area contributed by atoms with E-state index in [1.165, 1.54) is 65.8 Å². The average Bonchev–Trinajstić information content (AvgIpc) is 3.41. The molecule has 3 aromatic carbocycles. The second kappa shape index (κ2) is 8.78. The standard InChI is InChI=1S/C25H17N3O7S/c1-35-17-9-10-18-19(12-17)36-25(26-18)27-21(13-5-7-16(29)8-6-13)20(23(31)24(27)32)22(30)14-3-2-4-15(11-14)28(33)34/h2-12,21,29-30H,1H3/b22-20+. The Hall–Kier alpha value is -4.77. The molecule has 1 aliphatic heterocycles. The molecule has 2 heterocycles. The fraction of sp³-hybridized carbons (Fsp3) is 0.0800. The summed E-state index contributed by atoms with van der Waals surface area (Å²) in [4.78, 5) is 42.9. The van der Waals surface area contributed by atoms with Crippen molar-refractivity contribution in [3.8, 4) is 11.5 Å². The van der Waals surface area contributed by atoms with Crippen molar-refractivity contribution < 1.29 is 29.5 Å². The van der Waals surface area contributed by atoms with E-state index in [0.29, 0.717) is 16.8 Å². The molecule has 5 rings (SSSR count). The molecule has 36 heavy (non-hydrogen) atoms. The normalized spacial score (nSPS) is 17.0. The molecule has 1 saturated heterocycles. The number of phenolic OH excluding ortho intramolecular Hbond substituents is 1. The van der Waals surface area contributed by atoms with Gasteiger partial charge in [-0.05, 0) is 35.9 Å². The highest BCUT2D eigenvalue weighted by molar-refractivity contribution is 7.22. The summed E-state index contributed by atoms with van der Waals surface area (Å²) in [7, 11) is 1.53. The fourth-order valence-electron chi connectivity index (χ4n) is 4.05. The highest BCUT2D eigenvalue weighted by Crippen LogP contribution is 2.45. The Morgan fingerprint density at radius 2 is 1.86 bits per heavy atom. The maximum Gasteiger partial charge on any atom is 0.301 e. The lowest BCUT2D eigenvalue weighted by Crippen LogP contribution is -2.29. The van der Waals surface area contributed by atoms with Gasteiger partial charge in [-0.25, -0.2) is 4.98 Å². The predicted octanol–water partition coefficient (Wildman–Crippen LogP) is 4.55. The van der Waals surface area contributed by atoms with Gasteiger partial charge in [-0.3, -0.25) is 24.6 Å². The van der Waals surface area contributed by atoms with E-state index in [4.69, 9.17) is 4.74 Å². The molecule has 0 saturated carbocycles. The summed E-state index contributed by atoms with van der Waals surface area (Å²) in [6.45, 7) is 0. The molecule has 0 aliphatic carbocycles. The summed E-state index contributed by atoms with van der Waals surface area (Å²) in [5.41, 5.74) is 0.495. The molecule has 0 spiro atoms. The van der Waals surface area contributed by atoms with Crippen LogP contribution in [0.4, 0.5) is 10.8 Å². The number of thiazole rings is 1. The number of amides is 1. The molecule has 1 aromatic heterocycles. The highest BCUT2D eigenvalue weighted by atomic mass is 32.1. The zero-order valence-electron chi connectivity index (χ0n) is 18.6. The van der Waals surface area contributed by atoms with E-state index >= 15 is 0 Å². The number of nitrogens with zero attached hydrogens (tertiary/aromatic N) is 3. The van der Waals surface area contributed by atoms with Gasteiger partial charge in [0.05, 0.1) is 33.9 Å². The third kappa shape index (κ3) is 3.81. The second-order valence-electron chi connectivity index (χ2n) is 7.90. The Balaban J connectivity index is 1.72. The first-order valence-corrected chi connectivity index (χ1v) is 11.4. The van der Waals surface area contributed by atoms with Crippen LogP contribution in [0, 0.1) is 10.1 Å². The number of rotatable bonds is 5. The van der Waals surface area contributed by atoms with Crippen LogP contribution in [-0.2, 0) is 9.59 Å². The molecule has 10 nitrogen and oxygen atoms in total. The largest absolute Gasteiger partial charge is 0.508 e. The van der Waals surface area contributed by atoms with Crippen LogP contribution >= 0.6 is 11.3 Å². The van der Waals surface area contributed by atoms with E-state index in [9.17, 15) is 29.9 Å². The number of Topliss-reactive ketones (excluding diaryl/α,β-unsaturated/α-hetero) is 1. The number of anilines is 1. The van der Waals surface area contributed by atoms with Crippen LogP contribution in [0.5, 0.6) is 11.5 Å². The molecule has 1 unspecified atom stereocenters. The number of methoxy groups -OCH3 is 1. The van der Waals surface area contributed by atoms with Crippen LogP contribution in [0.2, 0.25) is 0 Å². The summed E-state index contributed by atoms with van der Waals surface area (Å²) in [6.07, 6.45) is 0. The van der Waals surface area contributed by atoms with E-state index in [-0.39, 0.29) is 27.7 Å². The molecule has 1 aliphatic rings. The van der Waals surface area contributed by atoms with Crippen LogP contribution in [0.3, 0.4) is 0 Å². The van der Waals surface area contributed by atoms with E-state index < -0.39 is 28.4 Å². The van der Waals surface area contributed by atoms with Gasteiger partial charge in [0.1, 0.15) is 17.3 Å². The average molecular weight is 503 g/mol. The smallest absolute Gasteiger partial charge is 0.301 e. The Morgan fingerprint density at radius 3 is 2.56 bits per heavy atom. The number of aromatic nitrogens is 1. The first-order valence-electron chi connectivity index (χ1n) is 10.6. The van der Waals surface area contributed by atoms with Gasteiger partial charge in [0, 0.05) is 17.7 Å². The van der Waals surface area contributed by atoms with Gasteiger partial charge in [0.25, 0.3) is 11.5 Å². The quantitative estimate of drug-likeness (QED) is 0.133. The zero-order valence-corrected chi connectivity index (χ0v) is 19.4. The first kappa shape index (κ1) is 23.0. The van der Waals surface area contributed by atoms with Gasteiger partial charge >= 0.3 is 5.91 Å². The Bertz CT molecular complexity index is 1580. The lowest BCUT2D eigenvalue weighted by Gasteiger charge is -2.23. The van der Waals surface area contributed by atoms with Gasteiger partial charge in [-0.2, -0.15) is 0 Å². The van der Waals surface area contributed by atoms with Gasteiger partial charge in [-0.1, -0.05) is 35.6 Å². The van der Waals surface area contributed by atoms with Crippen LogP contribution in [0.25, 0.3) is 16.0 Å². The van der Waals surface area contributed by atoms with Gasteiger partial charge < -0.3 is 14.9 Å². The minimum absolute atomic E-state index is 0.0139. The maximum atomic E-state index is 13.3. The number of nitro groups is 1. The molecule has 4 aromatic rings. The van der Waals surface area contributed by atoms with Crippen LogP contribution in [0.1, 0.15) is 17.2 Å². The van der Waals surface area contributed by atoms with Crippen molar-refractivity contribution in [1.29, 1.82) is 0 Å². The summed E-state index contributed by atoms with van der Waals surface area (Å²) >= 11 is 1.17. The molecular formula is C25H17N3O7S. The number of aliphatic hydroxyl groups excluding tert-OH is 1. The topological polar surface area (TPSA) is 143 Å². The molecular weight excluding hydrogens is 486 g/mol. The lowest BCUT2D eigenvalue weighted by molar-refractivity contribution is -0.384. The zero-order chi connectivity index (χ0) is 25.6. The Morgan fingerprint density at radius 1 is 1.11 bits per heavy atom. The SMILES string of the molecule is COc1ccc2nc(N3C(=O)C(=O)/C(=C(/O)c4cccc([N+](=O)[O-])c4)C3c3ccc(O)cc3)sc2c1. The van der Waals surface area contributed by atoms with Gasteiger partial charge in [0.15, 0.2) is 5.13 Å². The lowest BCUT2D eigenvalue weighted by atomic mass is 9.95. The number of ether oxygens (including phenoxy) is 1. The summed E-state index contributed by atoms with van der Waals surface area (Å²) in [5, 5.41) is 32.4. The summed E-state index contributed by atoms with van der Waals surface area (Å²) in [5.74, 6) is -1.86. The van der Waals surface area contributed by atoms with Crippen LogP contribution in [0.15, 0.2) is 72.3 Å². The van der Waals surface area contributed by atoms with Crippen molar-refractivity contribution in [1.82, 2.24) is 4.98 Å². The second-order valence-corrected chi connectivity index (χ2v) is 8.91. The number of ketones is 1. The molecule has 1 fully saturated rings. The van der Waals surface area contributed by atoms with Crippen molar-refractivity contribution in [3.05, 3.63) is 93.5 Å². The Labute approximate surface area is 207 Å². The maximum absolute atomic E-state index is 13.3. The van der Waals surface area contributed by atoms with Crippen molar-refractivity contribution in [3.63, 3.8) is 0 Å².